The van der Waals surface area contributed by atoms with Crippen molar-refractivity contribution in [3.05, 3.63) is 60.7 Å². The highest BCUT2D eigenvalue weighted by Crippen LogP contribution is 2.39. The maximum atomic E-state index is 11.7. The Bertz CT molecular complexity index is 858. The average molecular weight is 456 g/mol. The van der Waals surface area contributed by atoms with E-state index in [0.29, 0.717) is 6.61 Å². The van der Waals surface area contributed by atoms with E-state index >= 15 is 0 Å². The first-order valence-corrected chi connectivity index (χ1v) is 13.2. The summed E-state index contributed by atoms with van der Waals surface area (Å²) in [4.78, 5) is 13.8. The summed E-state index contributed by atoms with van der Waals surface area (Å²) in [5, 5.41) is 2.38. The van der Waals surface area contributed by atoms with Crippen LogP contribution in [0.15, 0.2) is 60.7 Å². The van der Waals surface area contributed by atoms with Crippen LogP contribution in [0.1, 0.15) is 41.0 Å². The monoisotopic (exact) mass is 455 g/mol. The molecule has 1 saturated heterocycles. The van der Waals surface area contributed by atoms with Gasteiger partial charge in [0.1, 0.15) is 0 Å². The lowest BCUT2D eigenvalue weighted by atomic mass is 9.95. The summed E-state index contributed by atoms with van der Waals surface area (Å²) >= 11 is 0. The van der Waals surface area contributed by atoms with Crippen molar-refractivity contribution in [2.45, 2.75) is 64.0 Å². The van der Waals surface area contributed by atoms with E-state index in [9.17, 15) is 4.79 Å². The van der Waals surface area contributed by atoms with Gasteiger partial charge in [0.05, 0.1) is 18.2 Å². The Labute approximate surface area is 193 Å². The van der Waals surface area contributed by atoms with E-state index in [0.717, 1.165) is 6.42 Å². The SMILES string of the molecule is CC(=O)O[C@H]1O[C@H](CO[Si](c2ccccc2)(c2ccccc2)C(C)(C)C)C[C@@]1(C)N(C)C. The zero-order valence-corrected chi connectivity index (χ0v) is 21.4. The summed E-state index contributed by atoms with van der Waals surface area (Å²) in [7, 11) is 1.34. The highest BCUT2D eigenvalue weighted by Gasteiger charge is 2.53. The molecular formula is C26H37NO4Si. The Balaban J connectivity index is 1.96. The van der Waals surface area contributed by atoms with Crippen LogP contribution in [0.2, 0.25) is 5.04 Å². The smallest absolute Gasteiger partial charge is 0.305 e. The molecule has 0 radical (unpaired) electrons. The standard InChI is InChI=1S/C26H37NO4Si/c1-20(28)30-24-26(5,27(6)7)18-21(31-24)19-29-32(25(2,3)4,22-14-10-8-11-15-22)23-16-12-9-13-17-23/h8-17,21,24H,18-19H2,1-7H3/t21-,24-,26+/m0/s1. The van der Waals surface area contributed by atoms with Crippen LogP contribution in [0, 0.1) is 0 Å². The van der Waals surface area contributed by atoms with Crippen LogP contribution < -0.4 is 10.4 Å². The van der Waals surface area contributed by atoms with Crippen molar-refractivity contribution in [3.63, 3.8) is 0 Å². The number of benzene rings is 2. The van der Waals surface area contributed by atoms with Gasteiger partial charge in [-0.15, -0.1) is 0 Å². The number of likely N-dealkylation sites (N-methyl/N-ethyl adjacent to an activating group) is 1. The molecule has 174 valence electrons. The van der Waals surface area contributed by atoms with Crippen LogP contribution in [-0.2, 0) is 18.7 Å². The van der Waals surface area contributed by atoms with Gasteiger partial charge in [-0.05, 0) is 36.4 Å². The van der Waals surface area contributed by atoms with E-state index < -0.39 is 20.1 Å². The molecule has 0 bridgehead atoms. The number of ether oxygens (including phenoxy) is 2. The lowest BCUT2D eigenvalue weighted by molar-refractivity contribution is -0.191. The molecule has 1 fully saturated rings. The third-order valence-electron chi connectivity index (χ3n) is 6.66. The topological polar surface area (TPSA) is 48.0 Å². The van der Waals surface area contributed by atoms with Crippen molar-refractivity contribution in [1.82, 2.24) is 4.90 Å². The molecule has 2 aromatic carbocycles. The summed E-state index contributed by atoms with van der Waals surface area (Å²) in [6.07, 6.45) is -0.0768. The molecule has 0 N–H and O–H groups in total. The van der Waals surface area contributed by atoms with Gasteiger partial charge in [0.15, 0.2) is 0 Å². The second kappa shape index (κ2) is 9.47. The average Bonchev–Trinajstić information content (AvgIpc) is 3.05. The van der Waals surface area contributed by atoms with Gasteiger partial charge in [0, 0.05) is 13.3 Å². The molecule has 0 amide bonds. The number of rotatable bonds is 7. The number of carbonyl (C=O) groups is 1. The molecule has 2 aromatic rings. The molecule has 32 heavy (non-hydrogen) atoms. The summed E-state index contributed by atoms with van der Waals surface area (Å²) in [5.74, 6) is -0.336. The zero-order chi connectivity index (χ0) is 23.6. The van der Waals surface area contributed by atoms with E-state index in [2.05, 4.69) is 81.1 Å². The predicted molar refractivity (Wildman–Crippen MR) is 131 cm³/mol. The highest BCUT2D eigenvalue weighted by molar-refractivity contribution is 6.99. The van der Waals surface area contributed by atoms with Crippen molar-refractivity contribution >= 4 is 24.7 Å². The summed E-state index contributed by atoms with van der Waals surface area (Å²) < 4.78 is 18.8. The minimum atomic E-state index is -2.65. The van der Waals surface area contributed by atoms with Gasteiger partial charge in [-0.3, -0.25) is 9.69 Å². The first-order chi connectivity index (χ1) is 15.0. The van der Waals surface area contributed by atoms with Crippen LogP contribution in [0.4, 0.5) is 0 Å². The normalized spacial score (nSPS) is 24.0. The van der Waals surface area contributed by atoms with Crippen LogP contribution in [-0.4, -0.2) is 57.8 Å². The molecule has 0 saturated carbocycles. The Morgan fingerprint density at radius 3 is 1.97 bits per heavy atom. The first kappa shape index (κ1) is 24.6. The maximum absolute atomic E-state index is 11.7. The molecular weight excluding hydrogens is 418 g/mol. The van der Waals surface area contributed by atoms with Crippen molar-refractivity contribution < 1.29 is 18.7 Å². The Morgan fingerprint density at radius 2 is 1.56 bits per heavy atom. The fraction of sp³-hybridized carbons (Fsp3) is 0.500. The summed E-state index contributed by atoms with van der Waals surface area (Å²) in [6, 6.07) is 21.2. The van der Waals surface area contributed by atoms with E-state index in [4.69, 9.17) is 13.9 Å². The molecule has 3 rings (SSSR count). The number of carbonyl (C=O) groups excluding carboxylic acids is 1. The maximum Gasteiger partial charge on any atom is 0.305 e. The van der Waals surface area contributed by atoms with E-state index in [-0.39, 0.29) is 17.1 Å². The minimum Gasteiger partial charge on any atom is -0.434 e. The zero-order valence-electron chi connectivity index (χ0n) is 20.4. The van der Waals surface area contributed by atoms with E-state index in [1.54, 1.807) is 0 Å². The molecule has 0 unspecified atom stereocenters. The molecule has 1 heterocycles. The molecule has 1 aliphatic rings. The van der Waals surface area contributed by atoms with Crippen LogP contribution in [0.5, 0.6) is 0 Å². The van der Waals surface area contributed by atoms with Gasteiger partial charge in [0.25, 0.3) is 8.32 Å². The summed E-state index contributed by atoms with van der Waals surface area (Å²) in [6.45, 7) is 10.7. The van der Waals surface area contributed by atoms with Crippen molar-refractivity contribution in [2.75, 3.05) is 20.7 Å². The lowest BCUT2D eigenvalue weighted by Gasteiger charge is -2.43. The highest BCUT2D eigenvalue weighted by atomic mass is 28.4. The fourth-order valence-corrected chi connectivity index (χ4v) is 9.29. The van der Waals surface area contributed by atoms with Crippen molar-refractivity contribution in [3.8, 4) is 0 Å². The number of nitrogens with zero attached hydrogens (tertiary/aromatic N) is 1. The lowest BCUT2D eigenvalue weighted by Crippen LogP contribution is -2.67. The third-order valence-corrected chi connectivity index (χ3v) is 11.7. The summed E-state index contributed by atoms with van der Waals surface area (Å²) in [5.41, 5.74) is -0.412. The second-order valence-electron chi connectivity index (χ2n) is 10.1. The third kappa shape index (κ3) is 4.69. The first-order valence-electron chi connectivity index (χ1n) is 11.3. The largest absolute Gasteiger partial charge is 0.434 e. The minimum absolute atomic E-state index is 0.103. The molecule has 0 spiro atoms. The van der Waals surface area contributed by atoms with E-state index in [1.165, 1.54) is 17.3 Å². The van der Waals surface area contributed by atoms with Crippen LogP contribution in [0.3, 0.4) is 0 Å². The van der Waals surface area contributed by atoms with Gasteiger partial charge in [0.2, 0.25) is 6.29 Å². The Hall–Kier alpha value is -1.99. The number of hydrogen-bond acceptors (Lipinski definition) is 5. The molecule has 0 aliphatic carbocycles. The molecule has 6 heteroatoms. The molecule has 3 atom stereocenters. The second-order valence-corrected chi connectivity index (χ2v) is 14.4. The van der Waals surface area contributed by atoms with Crippen molar-refractivity contribution in [2.24, 2.45) is 0 Å². The van der Waals surface area contributed by atoms with Crippen LogP contribution >= 0.6 is 0 Å². The Kier molecular flexibility index (Phi) is 7.30. The van der Waals surface area contributed by atoms with E-state index in [1.807, 2.05) is 26.2 Å². The van der Waals surface area contributed by atoms with Gasteiger partial charge < -0.3 is 13.9 Å². The predicted octanol–water partition coefficient (Wildman–Crippen LogP) is 3.56. The molecule has 1 aliphatic heterocycles. The fourth-order valence-electron chi connectivity index (χ4n) is 4.70. The van der Waals surface area contributed by atoms with Gasteiger partial charge in [-0.25, -0.2) is 0 Å². The molecule has 0 aromatic heterocycles. The Morgan fingerprint density at radius 1 is 1.06 bits per heavy atom. The van der Waals surface area contributed by atoms with Gasteiger partial charge in [-0.1, -0.05) is 81.4 Å². The van der Waals surface area contributed by atoms with Crippen LogP contribution in [0.25, 0.3) is 0 Å². The van der Waals surface area contributed by atoms with Gasteiger partial charge in [-0.2, -0.15) is 0 Å². The number of hydrogen-bond donors (Lipinski definition) is 0. The number of esters is 1. The van der Waals surface area contributed by atoms with Gasteiger partial charge >= 0.3 is 5.97 Å². The quantitative estimate of drug-likeness (QED) is 0.472. The molecule has 5 nitrogen and oxygen atoms in total. The van der Waals surface area contributed by atoms with Crippen molar-refractivity contribution in [1.29, 1.82) is 0 Å².